The van der Waals surface area contributed by atoms with Crippen LogP contribution in [-0.2, 0) is 11.0 Å². The van der Waals surface area contributed by atoms with E-state index in [1.807, 2.05) is 0 Å². The second-order valence-electron chi connectivity index (χ2n) is 3.27. The zero-order chi connectivity index (χ0) is 11.6. The summed E-state index contributed by atoms with van der Waals surface area (Å²) in [6, 6.07) is 4.60. The van der Waals surface area contributed by atoms with Crippen LogP contribution < -0.4 is 0 Å². The molecule has 1 rings (SSSR count). The van der Waals surface area contributed by atoms with Crippen LogP contribution in [0.5, 0.6) is 0 Å². The van der Waals surface area contributed by atoms with Crippen molar-refractivity contribution in [3.63, 3.8) is 0 Å². The van der Waals surface area contributed by atoms with Gasteiger partial charge in [0.15, 0.2) is 0 Å². The maximum Gasteiger partial charge on any atom is 0.273 e. The van der Waals surface area contributed by atoms with E-state index in [-0.39, 0.29) is 5.69 Å². The Morgan fingerprint density at radius 3 is 2.47 bits per heavy atom. The van der Waals surface area contributed by atoms with E-state index >= 15 is 0 Å². The molecule has 5 nitrogen and oxygen atoms in total. The van der Waals surface area contributed by atoms with E-state index in [2.05, 4.69) is 0 Å². The van der Waals surface area contributed by atoms with Crippen LogP contribution in [0.25, 0.3) is 0 Å². The maximum absolute atomic E-state index is 11.6. The Hall–Kier alpha value is -1.27. The summed E-state index contributed by atoms with van der Waals surface area (Å²) in [6.45, 7) is 1.65. The smallest absolute Gasteiger partial charge is 0.258 e. The maximum atomic E-state index is 11.6. The number of hydrogen-bond donors (Lipinski definition) is 0. The highest BCUT2D eigenvalue weighted by Gasteiger charge is 2.14. The van der Waals surface area contributed by atoms with E-state index in [0.717, 1.165) is 0 Å². The first-order valence-electron chi connectivity index (χ1n) is 4.27. The summed E-state index contributed by atoms with van der Waals surface area (Å²) in [4.78, 5) is 10.6. The lowest BCUT2D eigenvalue weighted by atomic mass is 10.2. The zero-order valence-corrected chi connectivity index (χ0v) is 9.58. The van der Waals surface area contributed by atoms with Crippen LogP contribution in [0.4, 0.5) is 5.69 Å². The van der Waals surface area contributed by atoms with Crippen molar-refractivity contribution in [1.29, 1.82) is 0 Å². The largest absolute Gasteiger partial charge is 0.273 e. The molecule has 1 unspecified atom stereocenters. The molecule has 82 valence electrons. The monoisotopic (exact) mass is 228 g/mol. The fourth-order valence-corrected chi connectivity index (χ4v) is 1.92. The summed E-state index contributed by atoms with van der Waals surface area (Å²) in [6.07, 6.45) is 0. The molecular weight excluding hydrogens is 216 g/mol. The highest BCUT2D eigenvalue weighted by molar-refractivity contribution is 7.82. The molecular formula is C9H12N2O3S. The van der Waals surface area contributed by atoms with Gasteiger partial charge in [-0.1, -0.05) is 6.07 Å². The number of nitrogens with zero attached hydrogens (tertiary/aromatic N) is 2. The summed E-state index contributed by atoms with van der Waals surface area (Å²) in [5, 5.41) is 10.7. The molecule has 6 heteroatoms. The number of aryl methyl sites for hydroxylation is 1. The van der Waals surface area contributed by atoms with Crippen LogP contribution in [0, 0.1) is 17.0 Å². The van der Waals surface area contributed by atoms with Crippen molar-refractivity contribution in [3.05, 3.63) is 33.9 Å². The highest BCUT2D eigenvalue weighted by atomic mass is 32.2. The minimum atomic E-state index is -1.34. The molecule has 0 aliphatic rings. The van der Waals surface area contributed by atoms with Crippen LogP contribution in [0.2, 0.25) is 0 Å². The number of rotatable bonds is 3. The third-order valence-electron chi connectivity index (χ3n) is 1.91. The summed E-state index contributed by atoms with van der Waals surface area (Å²) in [5.41, 5.74) is 0.571. The second kappa shape index (κ2) is 4.50. The van der Waals surface area contributed by atoms with Gasteiger partial charge >= 0.3 is 0 Å². The predicted molar refractivity (Wildman–Crippen MR) is 57.9 cm³/mol. The van der Waals surface area contributed by atoms with Gasteiger partial charge in [-0.15, -0.1) is 0 Å². The Morgan fingerprint density at radius 2 is 2.00 bits per heavy atom. The Balaban J connectivity index is 3.19. The SMILES string of the molecule is Cc1ccc(S(=O)N(C)C)cc1[N+](=O)[O-]. The van der Waals surface area contributed by atoms with Gasteiger partial charge in [0.25, 0.3) is 5.69 Å². The summed E-state index contributed by atoms with van der Waals surface area (Å²) in [7, 11) is 1.97. The van der Waals surface area contributed by atoms with Gasteiger partial charge < -0.3 is 0 Å². The number of benzene rings is 1. The highest BCUT2D eigenvalue weighted by Crippen LogP contribution is 2.21. The Bertz CT molecular complexity index is 418. The van der Waals surface area contributed by atoms with Crippen molar-refractivity contribution >= 4 is 16.7 Å². The minimum Gasteiger partial charge on any atom is -0.258 e. The average Bonchev–Trinajstić information content (AvgIpc) is 2.16. The van der Waals surface area contributed by atoms with E-state index in [1.54, 1.807) is 33.2 Å². The quantitative estimate of drug-likeness (QED) is 0.581. The van der Waals surface area contributed by atoms with E-state index in [0.29, 0.717) is 10.5 Å². The second-order valence-corrected chi connectivity index (χ2v) is 4.97. The van der Waals surface area contributed by atoms with Crippen LogP contribution >= 0.6 is 0 Å². The van der Waals surface area contributed by atoms with Crippen molar-refractivity contribution in [2.75, 3.05) is 14.1 Å². The Labute approximate surface area is 90.4 Å². The topological polar surface area (TPSA) is 63.5 Å². The van der Waals surface area contributed by atoms with Gasteiger partial charge in [0.05, 0.1) is 9.82 Å². The van der Waals surface area contributed by atoms with Crippen molar-refractivity contribution in [2.24, 2.45) is 0 Å². The third kappa shape index (κ3) is 2.60. The molecule has 0 spiro atoms. The predicted octanol–water partition coefficient (Wildman–Crippen LogP) is 1.49. The van der Waals surface area contributed by atoms with E-state index in [1.165, 1.54) is 10.4 Å². The normalized spacial score (nSPS) is 12.8. The fourth-order valence-electron chi connectivity index (χ4n) is 1.11. The lowest BCUT2D eigenvalue weighted by Gasteiger charge is -2.09. The Kier molecular flexibility index (Phi) is 3.54. The van der Waals surface area contributed by atoms with Crippen molar-refractivity contribution in [2.45, 2.75) is 11.8 Å². The third-order valence-corrected chi connectivity index (χ3v) is 3.23. The van der Waals surface area contributed by atoms with Crippen molar-refractivity contribution in [3.8, 4) is 0 Å². The van der Waals surface area contributed by atoms with Gasteiger partial charge in [-0.2, -0.15) is 0 Å². The molecule has 0 aliphatic heterocycles. The van der Waals surface area contributed by atoms with E-state index < -0.39 is 15.9 Å². The average molecular weight is 228 g/mol. The molecule has 1 aromatic carbocycles. The zero-order valence-electron chi connectivity index (χ0n) is 8.76. The number of nitro groups is 1. The Morgan fingerprint density at radius 1 is 1.40 bits per heavy atom. The number of nitro benzene ring substituents is 1. The van der Waals surface area contributed by atoms with Gasteiger partial charge in [0, 0.05) is 11.6 Å². The molecule has 0 aromatic heterocycles. The molecule has 1 atom stereocenters. The van der Waals surface area contributed by atoms with Crippen LogP contribution in [0.1, 0.15) is 5.56 Å². The fraction of sp³-hybridized carbons (Fsp3) is 0.333. The molecule has 0 aliphatic carbocycles. The molecule has 0 bridgehead atoms. The van der Waals surface area contributed by atoms with Gasteiger partial charge in [-0.25, -0.2) is 8.51 Å². The summed E-state index contributed by atoms with van der Waals surface area (Å²) < 4.78 is 13.1. The minimum absolute atomic E-state index is 0.00250. The first-order chi connectivity index (χ1) is 6.93. The first kappa shape index (κ1) is 11.8. The lowest BCUT2D eigenvalue weighted by Crippen LogP contribution is -2.15. The van der Waals surface area contributed by atoms with E-state index in [4.69, 9.17) is 0 Å². The van der Waals surface area contributed by atoms with Crippen molar-refractivity contribution in [1.82, 2.24) is 4.31 Å². The molecule has 1 aromatic rings. The summed E-state index contributed by atoms with van der Waals surface area (Å²) in [5.74, 6) is 0. The van der Waals surface area contributed by atoms with E-state index in [9.17, 15) is 14.3 Å². The summed E-state index contributed by atoms with van der Waals surface area (Å²) >= 11 is 0. The molecule has 0 saturated carbocycles. The molecule has 0 N–H and O–H groups in total. The molecule has 15 heavy (non-hydrogen) atoms. The van der Waals surface area contributed by atoms with Gasteiger partial charge in [0.1, 0.15) is 11.0 Å². The van der Waals surface area contributed by atoms with Gasteiger partial charge in [-0.3, -0.25) is 10.1 Å². The van der Waals surface area contributed by atoms with Crippen molar-refractivity contribution < 1.29 is 9.13 Å². The molecule has 0 fully saturated rings. The van der Waals surface area contributed by atoms with Gasteiger partial charge in [0.2, 0.25) is 0 Å². The molecule has 0 amide bonds. The van der Waals surface area contributed by atoms with Gasteiger partial charge in [-0.05, 0) is 27.1 Å². The molecule has 0 radical (unpaired) electrons. The first-order valence-corrected chi connectivity index (χ1v) is 5.38. The van der Waals surface area contributed by atoms with Crippen LogP contribution in [0.15, 0.2) is 23.1 Å². The number of hydrogen-bond acceptors (Lipinski definition) is 3. The molecule has 0 heterocycles. The van der Waals surface area contributed by atoms with Crippen LogP contribution in [0.3, 0.4) is 0 Å². The van der Waals surface area contributed by atoms with Crippen LogP contribution in [-0.4, -0.2) is 27.5 Å². The standard InChI is InChI=1S/C9H12N2O3S/c1-7-4-5-8(15(14)10(2)3)6-9(7)11(12)13/h4-6H,1-3H3. The lowest BCUT2D eigenvalue weighted by molar-refractivity contribution is -0.385. The molecule has 0 saturated heterocycles.